The minimum atomic E-state index is 0.829. The van der Waals surface area contributed by atoms with Gasteiger partial charge in [-0.25, -0.2) is 0 Å². The van der Waals surface area contributed by atoms with Crippen LogP contribution in [0, 0.1) is 6.92 Å². The summed E-state index contributed by atoms with van der Waals surface area (Å²) in [5, 5.41) is 1.86. The highest BCUT2D eigenvalue weighted by Crippen LogP contribution is 2.30. The molecule has 1 aromatic heterocycles. The summed E-state index contributed by atoms with van der Waals surface area (Å²) in [5.74, 6) is 0. The zero-order chi connectivity index (χ0) is 12.6. The molecule has 17 heavy (non-hydrogen) atoms. The van der Waals surface area contributed by atoms with E-state index in [4.69, 9.17) is 11.6 Å². The van der Waals surface area contributed by atoms with Gasteiger partial charge in [-0.1, -0.05) is 18.5 Å². The molecule has 2 rings (SSSR count). The fourth-order valence-corrected chi connectivity index (χ4v) is 2.24. The number of aromatic nitrogens is 1. The molecular formula is C14H17ClN2. The van der Waals surface area contributed by atoms with E-state index in [0.717, 1.165) is 39.3 Å². The fraction of sp³-hybridized carbons (Fsp3) is 0.357. The molecule has 2 aromatic rings. The zero-order valence-corrected chi connectivity index (χ0v) is 11.5. The summed E-state index contributed by atoms with van der Waals surface area (Å²) in [4.78, 5) is 6.72. The van der Waals surface area contributed by atoms with Crippen LogP contribution < -0.4 is 4.90 Å². The molecule has 2 nitrogen and oxygen atoms in total. The maximum absolute atomic E-state index is 6.43. The van der Waals surface area contributed by atoms with Crippen molar-refractivity contribution in [3.63, 3.8) is 0 Å². The molecule has 0 atom stereocenters. The number of hydrogen-bond acceptors (Lipinski definition) is 2. The highest BCUT2D eigenvalue weighted by Gasteiger charge is 2.09. The Kier molecular flexibility index (Phi) is 3.25. The average Bonchev–Trinajstić information content (AvgIpc) is 2.33. The molecular weight excluding hydrogens is 232 g/mol. The molecule has 0 saturated heterocycles. The number of pyridine rings is 1. The lowest BCUT2D eigenvalue weighted by molar-refractivity contribution is 1.03. The lowest BCUT2D eigenvalue weighted by atomic mass is 10.1. The second-order valence-corrected chi connectivity index (χ2v) is 4.82. The van der Waals surface area contributed by atoms with E-state index in [9.17, 15) is 0 Å². The predicted octanol–water partition coefficient (Wildman–Crippen LogP) is 3.83. The van der Waals surface area contributed by atoms with Gasteiger partial charge in [-0.2, -0.15) is 0 Å². The van der Waals surface area contributed by atoms with Gasteiger partial charge in [0.15, 0.2) is 0 Å². The van der Waals surface area contributed by atoms with Crippen molar-refractivity contribution in [2.75, 3.05) is 19.0 Å². The largest absolute Gasteiger partial charge is 0.378 e. The molecule has 0 aliphatic carbocycles. The molecule has 0 N–H and O–H groups in total. The number of anilines is 1. The molecule has 0 fully saturated rings. The normalized spacial score (nSPS) is 10.9. The zero-order valence-electron chi connectivity index (χ0n) is 10.7. The highest BCUT2D eigenvalue weighted by atomic mass is 35.5. The van der Waals surface area contributed by atoms with E-state index >= 15 is 0 Å². The van der Waals surface area contributed by atoms with Crippen LogP contribution in [0.5, 0.6) is 0 Å². The molecule has 3 heteroatoms. The average molecular weight is 249 g/mol. The summed E-state index contributed by atoms with van der Waals surface area (Å²) in [7, 11) is 4.05. The van der Waals surface area contributed by atoms with Gasteiger partial charge in [-0.05, 0) is 37.1 Å². The maximum atomic E-state index is 6.43. The summed E-state index contributed by atoms with van der Waals surface area (Å²) in [5.41, 5.74) is 4.30. The molecule has 90 valence electrons. The summed E-state index contributed by atoms with van der Waals surface area (Å²) in [6.07, 6.45) is 0.914. The van der Waals surface area contributed by atoms with E-state index in [1.165, 1.54) is 0 Å². The first-order valence-corrected chi connectivity index (χ1v) is 6.18. The lowest BCUT2D eigenvalue weighted by Gasteiger charge is -2.15. The summed E-state index contributed by atoms with van der Waals surface area (Å²) in [6.45, 7) is 4.14. The Morgan fingerprint density at radius 3 is 2.59 bits per heavy atom. The third kappa shape index (κ3) is 2.09. The number of nitrogens with zero attached hydrogens (tertiary/aromatic N) is 2. The Hall–Kier alpha value is -1.28. The van der Waals surface area contributed by atoms with Crippen LogP contribution in [0.1, 0.15) is 18.2 Å². The molecule has 0 unspecified atom stereocenters. The van der Waals surface area contributed by atoms with Crippen molar-refractivity contribution in [2.45, 2.75) is 20.3 Å². The number of hydrogen-bond donors (Lipinski definition) is 0. The second-order valence-electron chi connectivity index (χ2n) is 4.45. The first-order valence-electron chi connectivity index (χ1n) is 5.80. The van der Waals surface area contributed by atoms with Crippen molar-refractivity contribution in [1.82, 2.24) is 4.98 Å². The monoisotopic (exact) mass is 248 g/mol. The Balaban J connectivity index is 2.74. The number of benzene rings is 1. The number of aryl methyl sites for hydroxylation is 1. The topological polar surface area (TPSA) is 16.1 Å². The van der Waals surface area contributed by atoms with E-state index in [-0.39, 0.29) is 0 Å². The molecule has 0 amide bonds. The van der Waals surface area contributed by atoms with Crippen molar-refractivity contribution < 1.29 is 0 Å². The van der Waals surface area contributed by atoms with Crippen molar-refractivity contribution in [3.05, 3.63) is 34.5 Å². The quantitative estimate of drug-likeness (QED) is 0.803. The van der Waals surface area contributed by atoms with Crippen molar-refractivity contribution in [3.8, 4) is 0 Å². The van der Waals surface area contributed by atoms with Crippen molar-refractivity contribution in [2.24, 2.45) is 0 Å². The van der Waals surface area contributed by atoms with Crippen LogP contribution in [-0.2, 0) is 6.42 Å². The first-order chi connectivity index (χ1) is 8.04. The third-order valence-electron chi connectivity index (χ3n) is 3.09. The molecule has 0 bridgehead atoms. The smallest absolute Gasteiger partial charge is 0.0722 e. The molecule has 1 aromatic carbocycles. The van der Waals surface area contributed by atoms with Gasteiger partial charge in [0.05, 0.1) is 10.5 Å². The second kappa shape index (κ2) is 4.53. The minimum absolute atomic E-state index is 0.829. The van der Waals surface area contributed by atoms with Crippen LogP contribution in [0.4, 0.5) is 5.69 Å². The van der Waals surface area contributed by atoms with Gasteiger partial charge < -0.3 is 4.90 Å². The van der Waals surface area contributed by atoms with Crippen LogP contribution >= 0.6 is 11.6 Å². The molecule has 1 heterocycles. The van der Waals surface area contributed by atoms with Gasteiger partial charge in [-0.15, -0.1) is 0 Å². The van der Waals surface area contributed by atoms with Crippen LogP contribution in [0.15, 0.2) is 18.2 Å². The highest BCUT2D eigenvalue weighted by molar-refractivity contribution is 6.36. The fourth-order valence-electron chi connectivity index (χ4n) is 1.98. The maximum Gasteiger partial charge on any atom is 0.0722 e. The molecule has 0 aliphatic rings. The van der Waals surface area contributed by atoms with E-state index in [0.29, 0.717) is 0 Å². The Morgan fingerprint density at radius 2 is 2.00 bits per heavy atom. The van der Waals surface area contributed by atoms with Crippen LogP contribution in [0.3, 0.4) is 0 Å². The number of fused-ring (bicyclic) bond motifs is 1. The van der Waals surface area contributed by atoms with Gasteiger partial charge in [0.2, 0.25) is 0 Å². The van der Waals surface area contributed by atoms with Crippen LogP contribution in [0.2, 0.25) is 5.02 Å². The van der Waals surface area contributed by atoms with Crippen LogP contribution in [0.25, 0.3) is 10.9 Å². The van der Waals surface area contributed by atoms with E-state index < -0.39 is 0 Å². The molecule has 0 saturated carbocycles. The minimum Gasteiger partial charge on any atom is -0.378 e. The van der Waals surface area contributed by atoms with E-state index in [1.54, 1.807) is 0 Å². The summed E-state index contributed by atoms with van der Waals surface area (Å²) >= 11 is 6.43. The van der Waals surface area contributed by atoms with Crippen LogP contribution in [-0.4, -0.2) is 19.1 Å². The van der Waals surface area contributed by atoms with Gasteiger partial charge >= 0.3 is 0 Å². The molecule has 0 aliphatic heterocycles. The Bertz CT molecular complexity index is 562. The van der Waals surface area contributed by atoms with Crippen molar-refractivity contribution in [1.29, 1.82) is 0 Å². The molecule has 0 radical (unpaired) electrons. The summed E-state index contributed by atoms with van der Waals surface area (Å²) in [6, 6.07) is 6.20. The third-order valence-corrected chi connectivity index (χ3v) is 3.57. The Morgan fingerprint density at radius 1 is 1.29 bits per heavy atom. The van der Waals surface area contributed by atoms with Gasteiger partial charge in [-0.3, -0.25) is 4.98 Å². The van der Waals surface area contributed by atoms with Gasteiger partial charge in [0, 0.05) is 30.9 Å². The number of rotatable bonds is 2. The Labute approximate surface area is 107 Å². The summed E-state index contributed by atoms with van der Waals surface area (Å²) < 4.78 is 0. The van der Waals surface area contributed by atoms with E-state index in [1.807, 2.05) is 27.1 Å². The van der Waals surface area contributed by atoms with Gasteiger partial charge in [0.1, 0.15) is 0 Å². The van der Waals surface area contributed by atoms with Crippen molar-refractivity contribution >= 4 is 28.2 Å². The first kappa shape index (κ1) is 12.2. The van der Waals surface area contributed by atoms with E-state index in [2.05, 4.69) is 28.9 Å². The van der Waals surface area contributed by atoms with Gasteiger partial charge in [0.25, 0.3) is 0 Å². The SMILES string of the molecule is CCc1nc2ccc(N(C)C)cc2c(Cl)c1C. The number of halogens is 1. The predicted molar refractivity (Wildman–Crippen MR) is 75.2 cm³/mol. The standard InChI is InChI=1S/C14H17ClN2/c1-5-12-9(2)14(15)11-8-10(17(3)4)6-7-13(11)16-12/h6-8H,5H2,1-4H3. The lowest BCUT2D eigenvalue weighted by Crippen LogP contribution is -2.08. The molecule has 0 spiro atoms.